The summed E-state index contributed by atoms with van der Waals surface area (Å²) in [5.74, 6) is 0. The first kappa shape index (κ1) is 16.7. The van der Waals surface area contributed by atoms with Crippen molar-refractivity contribution in [2.75, 3.05) is 0 Å². The van der Waals surface area contributed by atoms with E-state index in [4.69, 9.17) is 0 Å². The molecule has 0 saturated carbocycles. The van der Waals surface area contributed by atoms with E-state index < -0.39 is 10.0 Å². The molecule has 2 aromatic rings. The van der Waals surface area contributed by atoms with Gasteiger partial charge in [-0.05, 0) is 67.8 Å². The number of aryl methyl sites for hydroxylation is 2. The first-order valence-corrected chi connectivity index (χ1v) is 8.96. The lowest BCUT2D eigenvalue weighted by Gasteiger charge is -2.07. The van der Waals surface area contributed by atoms with E-state index in [0.29, 0.717) is 5.71 Å². The number of benzene rings is 2. The lowest BCUT2D eigenvalue weighted by molar-refractivity contribution is 0.584. The van der Waals surface area contributed by atoms with Crippen LogP contribution in [-0.4, -0.2) is 14.1 Å². The van der Waals surface area contributed by atoms with E-state index in [2.05, 4.69) is 25.9 Å². The predicted molar refractivity (Wildman–Crippen MR) is 92.6 cm³/mol. The number of sulfonamides is 1. The SMILES string of the molecule is C/C(=N/NS(=O)(=O)c1ccc(Br)cc1)c1ccc(C)c(C)c1. The van der Waals surface area contributed by atoms with Crippen molar-refractivity contribution in [2.45, 2.75) is 25.7 Å². The Labute approximate surface area is 139 Å². The molecule has 4 nitrogen and oxygen atoms in total. The van der Waals surface area contributed by atoms with Crippen molar-refractivity contribution >= 4 is 31.7 Å². The van der Waals surface area contributed by atoms with Crippen molar-refractivity contribution in [1.82, 2.24) is 4.83 Å². The van der Waals surface area contributed by atoms with Crippen molar-refractivity contribution in [1.29, 1.82) is 0 Å². The van der Waals surface area contributed by atoms with Gasteiger partial charge in [-0.1, -0.05) is 28.1 Å². The maximum atomic E-state index is 12.2. The Bertz CT molecular complexity index is 813. The highest BCUT2D eigenvalue weighted by molar-refractivity contribution is 9.10. The summed E-state index contributed by atoms with van der Waals surface area (Å²) in [6.45, 7) is 5.81. The third kappa shape index (κ3) is 3.96. The number of hydrazone groups is 1. The van der Waals surface area contributed by atoms with Crippen LogP contribution in [0.25, 0.3) is 0 Å². The number of nitrogens with zero attached hydrogens (tertiary/aromatic N) is 1. The minimum absolute atomic E-state index is 0.173. The summed E-state index contributed by atoms with van der Waals surface area (Å²) in [5.41, 5.74) is 3.83. The molecule has 0 aliphatic carbocycles. The molecule has 0 saturated heterocycles. The average Bonchev–Trinajstić information content (AvgIpc) is 2.48. The molecule has 0 aromatic heterocycles. The summed E-state index contributed by atoms with van der Waals surface area (Å²) in [7, 11) is -3.66. The van der Waals surface area contributed by atoms with E-state index >= 15 is 0 Å². The molecule has 0 unspecified atom stereocenters. The molecule has 22 heavy (non-hydrogen) atoms. The summed E-state index contributed by atoms with van der Waals surface area (Å²) in [6, 6.07) is 12.3. The standard InChI is InChI=1S/C16H17BrN2O2S/c1-11-4-5-14(10-12(11)2)13(3)18-19-22(20,21)16-8-6-15(17)7-9-16/h4-10,19H,1-3H3/b18-13-. The first-order valence-electron chi connectivity index (χ1n) is 6.69. The van der Waals surface area contributed by atoms with Gasteiger partial charge in [0.15, 0.2) is 0 Å². The molecular formula is C16H17BrN2O2S. The van der Waals surface area contributed by atoms with Gasteiger partial charge in [-0.15, -0.1) is 0 Å². The summed E-state index contributed by atoms with van der Waals surface area (Å²) in [6.07, 6.45) is 0. The fraction of sp³-hybridized carbons (Fsp3) is 0.188. The van der Waals surface area contributed by atoms with Crippen molar-refractivity contribution in [3.05, 3.63) is 63.6 Å². The second-order valence-corrected chi connectivity index (χ2v) is 7.62. The van der Waals surface area contributed by atoms with Crippen LogP contribution in [-0.2, 0) is 10.0 Å². The minimum atomic E-state index is -3.66. The number of rotatable bonds is 4. The third-order valence-electron chi connectivity index (χ3n) is 3.38. The minimum Gasteiger partial charge on any atom is -0.200 e. The maximum Gasteiger partial charge on any atom is 0.276 e. The van der Waals surface area contributed by atoms with E-state index in [0.717, 1.165) is 15.6 Å². The van der Waals surface area contributed by atoms with Crippen LogP contribution in [0.4, 0.5) is 0 Å². The van der Waals surface area contributed by atoms with Gasteiger partial charge in [-0.25, -0.2) is 0 Å². The topological polar surface area (TPSA) is 58.5 Å². The highest BCUT2D eigenvalue weighted by atomic mass is 79.9. The Hall–Kier alpha value is -1.66. The van der Waals surface area contributed by atoms with Crippen LogP contribution >= 0.6 is 15.9 Å². The van der Waals surface area contributed by atoms with E-state index in [1.807, 2.05) is 32.0 Å². The van der Waals surface area contributed by atoms with Gasteiger partial charge >= 0.3 is 0 Å². The molecule has 1 N–H and O–H groups in total. The zero-order chi connectivity index (χ0) is 16.3. The highest BCUT2D eigenvalue weighted by Crippen LogP contribution is 2.15. The van der Waals surface area contributed by atoms with Crippen LogP contribution in [0, 0.1) is 13.8 Å². The molecule has 0 spiro atoms. The maximum absolute atomic E-state index is 12.2. The summed E-state index contributed by atoms with van der Waals surface area (Å²) in [5, 5.41) is 4.00. The second-order valence-electron chi connectivity index (χ2n) is 5.04. The fourth-order valence-electron chi connectivity index (χ4n) is 1.83. The lowest BCUT2D eigenvalue weighted by Crippen LogP contribution is -2.20. The number of hydrogen-bond donors (Lipinski definition) is 1. The average molecular weight is 381 g/mol. The molecule has 2 rings (SSSR count). The monoisotopic (exact) mass is 380 g/mol. The van der Waals surface area contributed by atoms with E-state index in [9.17, 15) is 8.42 Å². The Morgan fingerprint density at radius 3 is 2.27 bits per heavy atom. The molecule has 0 atom stereocenters. The molecule has 0 aliphatic rings. The van der Waals surface area contributed by atoms with Gasteiger partial charge in [-0.2, -0.15) is 18.4 Å². The van der Waals surface area contributed by atoms with Gasteiger partial charge < -0.3 is 0 Å². The number of hydrogen-bond acceptors (Lipinski definition) is 3. The van der Waals surface area contributed by atoms with E-state index in [-0.39, 0.29) is 4.90 Å². The van der Waals surface area contributed by atoms with E-state index in [1.165, 1.54) is 17.7 Å². The second kappa shape index (κ2) is 6.62. The molecule has 0 heterocycles. The molecule has 0 aliphatic heterocycles. The predicted octanol–water partition coefficient (Wildman–Crippen LogP) is 3.77. The molecule has 0 amide bonds. The highest BCUT2D eigenvalue weighted by Gasteiger charge is 2.12. The zero-order valence-electron chi connectivity index (χ0n) is 12.6. The van der Waals surface area contributed by atoms with Gasteiger partial charge in [0.05, 0.1) is 10.6 Å². The van der Waals surface area contributed by atoms with Crippen molar-refractivity contribution in [3.8, 4) is 0 Å². The van der Waals surface area contributed by atoms with Crippen molar-refractivity contribution in [2.24, 2.45) is 5.10 Å². The molecular weight excluding hydrogens is 364 g/mol. The quantitative estimate of drug-likeness (QED) is 0.648. The van der Waals surface area contributed by atoms with Gasteiger partial charge in [0.25, 0.3) is 10.0 Å². The molecule has 116 valence electrons. The van der Waals surface area contributed by atoms with Crippen LogP contribution in [0.1, 0.15) is 23.6 Å². The molecule has 0 radical (unpaired) electrons. The number of halogens is 1. The van der Waals surface area contributed by atoms with Crippen LogP contribution in [0.15, 0.2) is 56.9 Å². The van der Waals surface area contributed by atoms with Crippen molar-refractivity contribution < 1.29 is 8.42 Å². The normalized spacial score (nSPS) is 12.3. The fourth-order valence-corrected chi connectivity index (χ4v) is 2.95. The Morgan fingerprint density at radius 2 is 1.68 bits per heavy atom. The van der Waals surface area contributed by atoms with Gasteiger partial charge in [-0.3, -0.25) is 0 Å². The lowest BCUT2D eigenvalue weighted by atomic mass is 10.0. The number of nitrogens with one attached hydrogen (secondary N) is 1. The molecule has 0 fully saturated rings. The summed E-state index contributed by atoms with van der Waals surface area (Å²) < 4.78 is 25.2. The van der Waals surface area contributed by atoms with Gasteiger partial charge in [0, 0.05) is 4.47 Å². The van der Waals surface area contributed by atoms with E-state index in [1.54, 1.807) is 19.1 Å². The van der Waals surface area contributed by atoms with Crippen LogP contribution in [0.2, 0.25) is 0 Å². The van der Waals surface area contributed by atoms with Crippen LogP contribution < -0.4 is 4.83 Å². The van der Waals surface area contributed by atoms with Gasteiger partial charge in [0.1, 0.15) is 0 Å². The molecule has 2 aromatic carbocycles. The van der Waals surface area contributed by atoms with Crippen LogP contribution in [0.3, 0.4) is 0 Å². The molecule has 0 bridgehead atoms. The van der Waals surface area contributed by atoms with Crippen LogP contribution in [0.5, 0.6) is 0 Å². The third-order valence-corrected chi connectivity index (χ3v) is 5.14. The smallest absolute Gasteiger partial charge is 0.200 e. The Morgan fingerprint density at radius 1 is 1.05 bits per heavy atom. The van der Waals surface area contributed by atoms with Crippen molar-refractivity contribution in [3.63, 3.8) is 0 Å². The summed E-state index contributed by atoms with van der Waals surface area (Å²) >= 11 is 3.27. The zero-order valence-corrected chi connectivity index (χ0v) is 15.0. The largest absolute Gasteiger partial charge is 0.276 e. The first-order chi connectivity index (χ1) is 10.3. The van der Waals surface area contributed by atoms with Gasteiger partial charge in [0.2, 0.25) is 0 Å². The summed E-state index contributed by atoms with van der Waals surface area (Å²) in [4.78, 5) is 2.45. The Kier molecular flexibility index (Phi) is 5.03. The molecule has 6 heteroatoms. The Balaban J connectivity index is 2.22.